The van der Waals surface area contributed by atoms with E-state index in [1.807, 2.05) is 30.3 Å². The van der Waals surface area contributed by atoms with E-state index >= 15 is 0 Å². The first-order valence-corrected chi connectivity index (χ1v) is 6.74. The van der Waals surface area contributed by atoms with E-state index in [-0.39, 0.29) is 0 Å². The van der Waals surface area contributed by atoms with Gasteiger partial charge in [-0.25, -0.2) is 0 Å². The molecule has 0 atom stereocenters. The number of ether oxygens (including phenoxy) is 2. The Morgan fingerprint density at radius 1 is 0.905 bits per heavy atom. The topological polar surface area (TPSA) is 82.5 Å². The summed E-state index contributed by atoms with van der Waals surface area (Å²) < 4.78 is 10.5. The van der Waals surface area contributed by atoms with Crippen LogP contribution in [0.3, 0.4) is 0 Å². The monoisotopic (exact) mass is 287 g/mol. The van der Waals surface area contributed by atoms with Crippen molar-refractivity contribution in [1.29, 1.82) is 0 Å². The van der Waals surface area contributed by atoms with Gasteiger partial charge in [0.2, 0.25) is 0 Å². The smallest absolute Gasteiger partial charge is 0.160 e. The summed E-state index contributed by atoms with van der Waals surface area (Å²) in [5, 5.41) is 3.32. The quantitative estimate of drug-likeness (QED) is 0.711. The molecule has 2 aromatic carbocycles. The van der Waals surface area contributed by atoms with Crippen LogP contribution in [-0.2, 0) is 6.42 Å². The lowest BCUT2D eigenvalue weighted by atomic mass is 10.1. The second-order valence-electron chi connectivity index (χ2n) is 4.71. The molecule has 2 aromatic rings. The van der Waals surface area contributed by atoms with E-state index in [0.717, 1.165) is 30.2 Å². The number of benzene rings is 2. The molecule has 2 rings (SSSR count). The van der Waals surface area contributed by atoms with Crippen LogP contribution in [0.2, 0.25) is 0 Å². The fraction of sp³-hybridized carbons (Fsp3) is 0.250. The van der Waals surface area contributed by atoms with Gasteiger partial charge in [0.05, 0.1) is 25.6 Å². The maximum absolute atomic E-state index is 5.78. The van der Waals surface area contributed by atoms with Crippen molar-refractivity contribution in [3.8, 4) is 11.5 Å². The van der Waals surface area contributed by atoms with Gasteiger partial charge in [-0.15, -0.1) is 0 Å². The molecule has 5 heteroatoms. The number of hydrogen-bond acceptors (Lipinski definition) is 5. The molecule has 0 aliphatic heterocycles. The third-order valence-electron chi connectivity index (χ3n) is 3.28. The normalized spacial score (nSPS) is 10.2. The van der Waals surface area contributed by atoms with E-state index in [1.54, 1.807) is 20.3 Å². The van der Waals surface area contributed by atoms with Crippen LogP contribution in [0, 0.1) is 0 Å². The molecule has 112 valence electrons. The van der Waals surface area contributed by atoms with E-state index < -0.39 is 0 Å². The molecule has 0 saturated heterocycles. The molecule has 0 amide bonds. The van der Waals surface area contributed by atoms with Crippen LogP contribution < -0.4 is 26.3 Å². The Morgan fingerprint density at radius 2 is 1.67 bits per heavy atom. The van der Waals surface area contributed by atoms with Gasteiger partial charge in [0.15, 0.2) is 11.5 Å². The zero-order valence-electron chi connectivity index (χ0n) is 12.3. The fourth-order valence-corrected chi connectivity index (χ4v) is 2.07. The van der Waals surface area contributed by atoms with Crippen LogP contribution in [0.4, 0.5) is 17.1 Å². The van der Waals surface area contributed by atoms with Crippen molar-refractivity contribution < 1.29 is 9.47 Å². The number of anilines is 3. The van der Waals surface area contributed by atoms with Crippen LogP contribution in [-0.4, -0.2) is 20.8 Å². The zero-order valence-corrected chi connectivity index (χ0v) is 12.3. The number of nitrogens with one attached hydrogen (secondary N) is 1. The molecule has 0 aromatic heterocycles. The van der Waals surface area contributed by atoms with Crippen LogP contribution >= 0.6 is 0 Å². The van der Waals surface area contributed by atoms with Gasteiger partial charge >= 0.3 is 0 Å². The molecular weight excluding hydrogens is 266 g/mol. The highest BCUT2D eigenvalue weighted by Crippen LogP contribution is 2.27. The lowest BCUT2D eigenvalue weighted by molar-refractivity contribution is 0.354. The predicted molar refractivity (Wildman–Crippen MR) is 87.0 cm³/mol. The summed E-state index contributed by atoms with van der Waals surface area (Å²) >= 11 is 0. The predicted octanol–water partition coefficient (Wildman–Crippen LogP) is 2.52. The molecule has 0 aliphatic rings. The summed E-state index contributed by atoms with van der Waals surface area (Å²) in [6.45, 7) is 0.791. The zero-order chi connectivity index (χ0) is 15.2. The van der Waals surface area contributed by atoms with Crippen molar-refractivity contribution in [3.63, 3.8) is 0 Å². The SMILES string of the molecule is COc1ccc(CCNc2ccc(N)c(N)c2)cc1OC. The van der Waals surface area contributed by atoms with Crippen molar-refractivity contribution in [2.45, 2.75) is 6.42 Å². The van der Waals surface area contributed by atoms with Crippen molar-refractivity contribution in [2.75, 3.05) is 37.5 Å². The Kier molecular flexibility index (Phi) is 4.77. The third-order valence-corrected chi connectivity index (χ3v) is 3.28. The first kappa shape index (κ1) is 14.8. The van der Waals surface area contributed by atoms with Crippen molar-refractivity contribution in [2.24, 2.45) is 0 Å². The molecule has 0 unspecified atom stereocenters. The summed E-state index contributed by atoms with van der Waals surface area (Å²) in [6.07, 6.45) is 0.866. The number of hydrogen-bond donors (Lipinski definition) is 3. The lowest BCUT2D eigenvalue weighted by Gasteiger charge is -2.11. The minimum absolute atomic E-state index is 0.589. The van der Waals surface area contributed by atoms with E-state index in [1.165, 1.54) is 5.56 Å². The second kappa shape index (κ2) is 6.74. The van der Waals surface area contributed by atoms with Gasteiger partial charge in [-0.3, -0.25) is 0 Å². The molecule has 0 heterocycles. The second-order valence-corrected chi connectivity index (χ2v) is 4.71. The van der Waals surface area contributed by atoms with E-state index in [2.05, 4.69) is 5.32 Å². The maximum atomic E-state index is 5.78. The molecular formula is C16H21N3O2. The number of nitrogens with two attached hydrogens (primary N) is 2. The fourth-order valence-electron chi connectivity index (χ4n) is 2.07. The highest BCUT2D eigenvalue weighted by Gasteiger charge is 2.04. The van der Waals surface area contributed by atoms with Gasteiger partial charge in [0, 0.05) is 12.2 Å². The first-order chi connectivity index (χ1) is 10.1. The van der Waals surface area contributed by atoms with Gasteiger partial charge < -0.3 is 26.3 Å². The Hall–Kier alpha value is -2.56. The Morgan fingerprint density at radius 3 is 2.33 bits per heavy atom. The molecule has 5 nitrogen and oxygen atoms in total. The molecule has 0 radical (unpaired) electrons. The molecule has 0 spiro atoms. The Bertz CT molecular complexity index is 614. The largest absolute Gasteiger partial charge is 0.493 e. The summed E-state index contributed by atoms with van der Waals surface area (Å²) in [5.74, 6) is 1.48. The van der Waals surface area contributed by atoms with Crippen molar-refractivity contribution >= 4 is 17.1 Å². The van der Waals surface area contributed by atoms with Crippen molar-refractivity contribution in [3.05, 3.63) is 42.0 Å². The highest BCUT2D eigenvalue weighted by atomic mass is 16.5. The third kappa shape index (κ3) is 3.72. The average Bonchev–Trinajstić information content (AvgIpc) is 2.50. The van der Waals surface area contributed by atoms with Gasteiger partial charge in [0.1, 0.15) is 0 Å². The van der Waals surface area contributed by atoms with E-state index in [4.69, 9.17) is 20.9 Å². The molecule has 0 bridgehead atoms. The summed E-state index contributed by atoms with van der Waals surface area (Å²) in [7, 11) is 3.27. The number of rotatable bonds is 6. The molecule has 0 aliphatic carbocycles. The van der Waals surface area contributed by atoms with Crippen LogP contribution in [0.15, 0.2) is 36.4 Å². The Labute approximate surface area is 124 Å². The summed E-state index contributed by atoms with van der Waals surface area (Å²) in [4.78, 5) is 0. The minimum Gasteiger partial charge on any atom is -0.493 e. The van der Waals surface area contributed by atoms with Gasteiger partial charge in [-0.05, 0) is 42.3 Å². The van der Waals surface area contributed by atoms with Gasteiger partial charge in [0.25, 0.3) is 0 Å². The van der Waals surface area contributed by atoms with Gasteiger partial charge in [-0.2, -0.15) is 0 Å². The number of methoxy groups -OCH3 is 2. The molecule has 21 heavy (non-hydrogen) atoms. The Balaban J connectivity index is 1.95. The molecule has 0 fully saturated rings. The van der Waals surface area contributed by atoms with Gasteiger partial charge in [-0.1, -0.05) is 6.07 Å². The lowest BCUT2D eigenvalue weighted by Crippen LogP contribution is -2.06. The van der Waals surface area contributed by atoms with Crippen molar-refractivity contribution in [1.82, 2.24) is 0 Å². The summed E-state index contributed by atoms with van der Waals surface area (Å²) in [5.41, 5.74) is 14.8. The van der Waals surface area contributed by atoms with Crippen LogP contribution in [0.1, 0.15) is 5.56 Å². The standard InChI is InChI=1S/C16H21N3O2/c1-20-15-6-3-11(9-16(15)21-2)7-8-19-12-4-5-13(17)14(18)10-12/h3-6,9-10,19H,7-8,17-18H2,1-2H3. The molecule has 0 saturated carbocycles. The first-order valence-electron chi connectivity index (χ1n) is 6.74. The average molecular weight is 287 g/mol. The number of nitrogen functional groups attached to an aromatic ring is 2. The maximum Gasteiger partial charge on any atom is 0.160 e. The molecule has 5 N–H and O–H groups in total. The highest BCUT2D eigenvalue weighted by molar-refractivity contribution is 5.69. The van der Waals surface area contributed by atoms with E-state index in [9.17, 15) is 0 Å². The summed E-state index contributed by atoms with van der Waals surface area (Å²) in [6, 6.07) is 11.5. The van der Waals surface area contributed by atoms with E-state index in [0.29, 0.717) is 11.4 Å². The minimum atomic E-state index is 0.589. The van der Waals surface area contributed by atoms with Crippen LogP contribution in [0.25, 0.3) is 0 Å². The van der Waals surface area contributed by atoms with Crippen LogP contribution in [0.5, 0.6) is 11.5 Å².